The first-order valence-electron chi connectivity index (χ1n) is 17.6. The molecule has 1 saturated carbocycles. The molecule has 256 valence electrons. The van der Waals surface area contributed by atoms with Gasteiger partial charge < -0.3 is 14.5 Å². The maximum Gasteiger partial charge on any atom is 0.305 e. The van der Waals surface area contributed by atoms with Crippen LogP contribution >= 0.6 is 0 Å². The molecule has 0 bridgehead atoms. The Morgan fingerprint density at radius 1 is 1.00 bits per heavy atom. The van der Waals surface area contributed by atoms with E-state index in [2.05, 4.69) is 45.2 Å². The molecule has 1 aliphatic carbocycles. The highest BCUT2D eigenvalue weighted by Crippen LogP contribution is 2.53. The van der Waals surface area contributed by atoms with E-state index in [9.17, 15) is 18.5 Å². The number of unbranched alkanes of at least 4 members (excludes halogenated alkanes) is 1. The number of methoxy groups -OCH3 is 1. The summed E-state index contributed by atoms with van der Waals surface area (Å²) < 4.78 is 32.2. The number of rotatable bonds is 13. The van der Waals surface area contributed by atoms with Crippen LogP contribution in [0.25, 0.3) is 0 Å². The smallest absolute Gasteiger partial charge is 0.305 e. The lowest BCUT2D eigenvalue weighted by atomic mass is 9.58. The Labute approximate surface area is 285 Å². The van der Waals surface area contributed by atoms with Gasteiger partial charge in [0.05, 0.1) is 29.7 Å². The minimum absolute atomic E-state index is 0.140. The second-order valence-electron chi connectivity index (χ2n) is 14.2. The summed E-state index contributed by atoms with van der Waals surface area (Å²) in [5.74, 6) is 1.59. The van der Waals surface area contributed by atoms with Crippen LogP contribution in [0.1, 0.15) is 63.4 Å². The van der Waals surface area contributed by atoms with Crippen LogP contribution < -0.4 is 4.90 Å². The highest BCUT2D eigenvalue weighted by Gasteiger charge is 2.51. The Morgan fingerprint density at radius 3 is 2.38 bits per heavy atom. The number of benzene rings is 2. The molecule has 2 aromatic carbocycles. The average molecular weight is 672 g/mol. The lowest BCUT2D eigenvalue weighted by Gasteiger charge is -2.48. The molecule has 2 aliphatic heterocycles. The third kappa shape index (κ3) is 7.04. The Hall–Kier alpha value is -3.68. The molecule has 3 heterocycles. The molecular formula is C38H49N5O4S. The lowest BCUT2D eigenvalue weighted by Crippen LogP contribution is -2.54. The fourth-order valence-corrected chi connectivity index (χ4v) is 10.1. The number of nitriles is 1. The maximum atomic E-state index is 12.9. The summed E-state index contributed by atoms with van der Waals surface area (Å²) >= 11 is 0. The zero-order chi connectivity index (χ0) is 33.7. The van der Waals surface area contributed by atoms with Crippen molar-refractivity contribution in [3.05, 3.63) is 72.6 Å². The van der Waals surface area contributed by atoms with Gasteiger partial charge in [-0.05, 0) is 86.4 Å². The Balaban J connectivity index is 1.04. The van der Waals surface area contributed by atoms with E-state index in [0.717, 1.165) is 76.9 Å². The van der Waals surface area contributed by atoms with Crippen molar-refractivity contribution in [1.82, 2.24) is 14.7 Å². The van der Waals surface area contributed by atoms with E-state index < -0.39 is 15.3 Å². The number of carbonyl (C=O) groups is 1. The first-order chi connectivity index (χ1) is 23.2. The highest BCUT2D eigenvalue weighted by atomic mass is 32.2. The third-order valence-electron chi connectivity index (χ3n) is 11.3. The van der Waals surface area contributed by atoms with Crippen LogP contribution in [0.2, 0.25) is 0 Å². The van der Waals surface area contributed by atoms with E-state index >= 15 is 0 Å². The molecule has 9 nitrogen and oxygen atoms in total. The number of aryl methyl sites for hydroxylation is 1. The molecule has 0 radical (unpaired) electrons. The summed E-state index contributed by atoms with van der Waals surface area (Å²) in [6.07, 6.45) is 11.8. The summed E-state index contributed by atoms with van der Waals surface area (Å²) in [5.41, 5.74) is 1.75. The number of piperidine rings is 1. The SMILES string of the molecule is COC(=O)CCCC[C@H]1CCC[C@@H]1C(C#N)(c1ccccc1)C1CCN(CC2CN(c3ccc(S(=O)(=O)c4cnn(C)c4)cc3)C2)CC1. The maximum absolute atomic E-state index is 12.9. The molecule has 3 aromatic rings. The van der Waals surface area contributed by atoms with E-state index in [-0.39, 0.29) is 15.8 Å². The van der Waals surface area contributed by atoms with Crippen molar-refractivity contribution in [1.29, 1.82) is 5.26 Å². The van der Waals surface area contributed by atoms with Crippen molar-refractivity contribution in [2.45, 2.75) is 73.0 Å². The monoisotopic (exact) mass is 671 g/mol. The summed E-state index contributed by atoms with van der Waals surface area (Å²) in [5, 5.41) is 15.1. The number of likely N-dealkylation sites (tertiary alicyclic amines) is 1. The van der Waals surface area contributed by atoms with Crippen molar-refractivity contribution in [3.8, 4) is 6.07 Å². The highest BCUT2D eigenvalue weighted by molar-refractivity contribution is 7.91. The summed E-state index contributed by atoms with van der Waals surface area (Å²) in [7, 11) is -0.417. The number of hydrogen-bond acceptors (Lipinski definition) is 8. The minimum Gasteiger partial charge on any atom is -0.469 e. The Kier molecular flexibility index (Phi) is 10.6. The fourth-order valence-electron chi connectivity index (χ4n) is 8.81. The number of esters is 1. The molecule has 48 heavy (non-hydrogen) atoms. The van der Waals surface area contributed by atoms with E-state index in [1.165, 1.54) is 42.6 Å². The van der Waals surface area contributed by atoms with Gasteiger partial charge in [0, 0.05) is 50.9 Å². The predicted molar refractivity (Wildman–Crippen MR) is 185 cm³/mol. The van der Waals surface area contributed by atoms with Gasteiger partial charge in [-0.3, -0.25) is 9.48 Å². The van der Waals surface area contributed by atoms with E-state index in [1.807, 2.05) is 18.2 Å². The topological polar surface area (TPSA) is 109 Å². The number of sulfone groups is 1. The second kappa shape index (κ2) is 14.8. The molecule has 0 spiro atoms. The van der Waals surface area contributed by atoms with Gasteiger partial charge in [0.15, 0.2) is 0 Å². The number of aromatic nitrogens is 2. The summed E-state index contributed by atoms with van der Waals surface area (Å²) in [6.45, 7) is 4.98. The molecule has 10 heteroatoms. The Morgan fingerprint density at radius 2 is 1.73 bits per heavy atom. The first kappa shape index (κ1) is 34.2. The van der Waals surface area contributed by atoms with Gasteiger partial charge in [-0.1, -0.05) is 56.0 Å². The first-order valence-corrected chi connectivity index (χ1v) is 19.1. The summed E-state index contributed by atoms with van der Waals surface area (Å²) in [6, 6.07) is 20.8. The van der Waals surface area contributed by atoms with Crippen LogP contribution in [0.3, 0.4) is 0 Å². The lowest BCUT2D eigenvalue weighted by molar-refractivity contribution is -0.140. The van der Waals surface area contributed by atoms with Gasteiger partial charge in [-0.15, -0.1) is 0 Å². The van der Waals surface area contributed by atoms with Crippen LogP contribution in [0.15, 0.2) is 76.8 Å². The molecule has 0 amide bonds. The van der Waals surface area contributed by atoms with Crippen LogP contribution in [0, 0.1) is 35.0 Å². The standard InChI is InChI=1S/C38H49N5O4S/c1-41-27-35(23-40-41)48(45,46)34-17-15-33(16-18-34)43-25-29(26-43)24-42-21-19-32(20-22-42)38(28-39,31-11-4-3-5-12-31)36-13-8-10-30(36)9-6-7-14-37(44)47-2/h3-5,11-12,15-18,23,27,29-30,32,36H,6-10,13-14,19-22,24-26H2,1-2H3/t30-,36-,38?/m0/s1. The van der Waals surface area contributed by atoms with E-state index in [4.69, 9.17) is 4.74 Å². The molecule has 3 aliphatic rings. The van der Waals surface area contributed by atoms with E-state index in [0.29, 0.717) is 30.1 Å². The number of hydrogen-bond donors (Lipinski definition) is 0. The van der Waals surface area contributed by atoms with Crippen molar-refractivity contribution >= 4 is 21.5 Å². The second-order valence-corrected chi connectivity index (χ2v) is 16.1. The molecule has 6 rings (SSSR count). The molecule has 3 fully saturated rings. The number of carbonyl (C=O) groups excluding carboxylic acids is 1. The van der Waals surface area contributed by atoms with Gasteiger partial charge in [0.25, 0.3) is 0 Å². The minimum atomic E-state index is -3.58. The molecule has 1 aromatic heterocycles. The Bertz CT molecular complexity index is 1670. The van der Waals surface area contributed by atoms with Crippen LogP contribution in [-0.4, -0.2) is 68.9 Å². The molecule has 1 unspecified atom stereocenters. The van der Waals surface area contributed by atoms with Gasteiger partial charge in [-0.2, -0.15) is 10.4 Å². The average Bonchev–Trinajstić information content (AvgIpc) is 3.76. The van der Waals surface area contributed by atoms with Gasteiger partial charge in [0.1, 0.15) is 4.90 Å². The van der Waals surface area contributed by atoms with Gasteiger partial charge >= 0.3 is 5.97 Å². The molecule has 2 saturated heterocycles. The zero-order valence-electron chi connectivity index (χ0n) is 28.3. The van der Waals surface area contributed by atoms with Gasteiger partial charge in [0.2, 0.25) is 9.84 Å². The van der Waals surface area contributed by atoms with Crippen molar-refractivity contribution < 1.29 is 17.9 Å². The predicted octanol–water partition coefficient (Wildman–Crippen LogP) is 6.01. The fraction of sp³-hybridized carbons (Fsp3) is 0.553. The van der Waals surface area contributed by atoms with Crippen molar-refractivity contribution in [2.24, 2.45) is 30.7 Å². The van der Waals surface area contributed by atoms with E-state index in [1.54, 1.807) is 19.2 Å². The van der Waals surface area contributed by atoms with Gasteiger partial charge in [-0.25, -0.2) is 8.42 Å². The van der Waals surface area contributed by atoms with Crippen molar-refractivity contribution in [3.63, 3.8) is 0 Å². The van der Waals surface area contributed by atoms with Crippen molar-refractivity contribution in [2.75, 3.05) is 44.7 Å². The number of nitrogens with zero attached hydrogens (tertiary/aromatic N) is 5. The van der Waals surface area contributed by atoms with Crippen LogP contribution in [0.5, 0.6) is 0 Å². The molecular weight excluding hydrogens is 623 g/mol. The van der Waals surface area contributed by atoms with Crippen LogP contribution in [0.4, 0.5) is 5.69 Å². The third-order valence-corrected chi connectivity index (χ3v) is 13.0. The normalized spacial score (nSPS) is 22.1. The number of ether oxygens (including phenoxy) is 1. The number of anilines is 1. The molecule has 3 atom stereocenters. The molecule has 0 N–H and O–H groups in total. The largest absolute Gasteiger partial charge is 0.469 e. The quantitative estimate of drug-likeness (QED) is 0.161. The van der Waals surface area contributed by atoms with Crippen LogP contribution in [-0.2, 0) is 31.8 Å². The zero-order valence-corrected chi connectivity index (χ0v) is 29.2. The summed E-state index contributed by atoms with van der Waals surface area (Å²) in [4.78, 5) is 17.1.